The van der Waals surface area contributed by atoms with E-state index in [1.165, 1.54) is 0 Å². The van der Waals surface area contributed by atoms with Crippen molar-refractivity contribution in [2.45, 2.75) is 6.92 Å². The normalized spacial score (nSPS) is 9.08. The Morgan fingerprint density at radius 2 is 2.00 bits per heavy atom. The summed E-state index contributed by atoms with van der Waals surface area (Å²) >= 11 is 0. The second-order valence-corrected chi connectivity index (χ2v) is 2.10. The van der Waals surface area contributed by atoms with E-state index >= 15 is 0 Å². The van der Waals surface area contributed by atoms with E-state index in [-0.39, 0.29) is 0 Å². The maximum absolute atomic E-state index is 10.8. The molecule has 0 bridgehead atoms. The summed E-state index contributed by atoms with van der Waals surface area (Å²) < 4.78 is 9.38. The molecule has 0 atom stereocenters. The Kier molecular flexibility index (Phi) is 3.14. The van der Waals surface area contributed by atoms with Gasteiger partial charge in [0.2, 0.25) is 0 Å². The molecule has 0 aliphatic heterocycles. The maximum atomic E-state index is 10.8. The molecule has 0 unspecified atom stereocenters. The molecule has 0 aliphatic carbocycles. The number of benzene rings is 1. The van der Waals surface area contributed by atoms with E-state index in [2.05, 4.69) is 4.74 Å². The van der Waals surface area contributed by atoms with E-state index in [0.29, 0.717) is 12.4 Å². The van der Waals surface area contributed by atoms with Gasteiger partial charge in [-0.05, 0) is 19.1 Å². The van der Waals surface area contributed by atoms with Gasteiger partial charge in [-0.25, -0.2) is 4.79 Å². The fourth-order valence-corrected chi connectivity index (χ4v) is 0.732. The third-order valence-corrected chi connectivity index (χ3v) is 1.21. The molecular formula is C9H10O3. The van der Waals surface area contributed by atoms with E-state index in [1.54, 1.807) is 31.2 Å². The summed E-state index contributed by atoms with van der Waals surface area (Å²) in [7, 11) is 0. The Morgan fingerprint density at radius 1 is 1.33 bits per heavy atom. The summed E-state index contributed by atoms with van der Waals surface area (Å²) in [6, 6.07) is 8.80. The van der Waals surface area contributed by atoms with E-state index in [1.807, 2.05) is 6.07 Å². The quantitative estimate of drug-likeness (QED) is 0.499. The SMILES string of the molecule is CCOC(=O)Oc1ccccc1. The molecule has 1 aromatic carbocycles. The van der Waals surface area contributed by atoms with Gasteiger partial charge in [0, 0.05) is 0 Å². The van der Waals surface area contributed by atoms with Gasteiger partial charge in [0.1, 0.15) is 5.75 Å². The lowest BCUT2D eigenvalue weighted by Gasteiger charge is -2.02. The first kappa shape index (κ1) is 8.59. The van der Waals surface area contributed by atoms with Crippen LogP contribution in [-0.4, -0.2) is 12.8 Å². The van der Waals surface area contributed by atoms with Gasteiger partial charge < -0.3 is 9.47 Å². The standard InChI is InChI=1S/C9H10O3/c1-2-11-9(10)12-8-6-4-3-5-7-8/h3-7H,2H2,1H3. The van der Waals surface area contributed by atoms with Crippen molar-refractivity contribution in [3.63, 3.8) is 0 Å². The molecule has 0 saturated carbocycles. The van der Waals surface area contributed by atoms with Gasteiger partial charge in [0.15, 0.2) is 0 Å². The maximum Gasteiger partial charge on any atom is 0.513 e. The van der Waals surface area contributed by atoms with Crippen molar-refractivity contribution in [3.05, 3.63) is 30.3 Å². The van der Waals surface area contributed by atoms with Crippen LogP contribution in [0.3, 0.4) is 0 Å². The highest BCUT2D eigenvalue weighted by atomic mass is 16.7. The first-order chi connectivity index (χ1) is 5.83. The Bertz CT molecular complexity index is 243. The zero-order valence-corrected chi connectivity index (χ0v) is 6.82. The van der Waals surface area contributed by atoms with Gasteiger partial charge in [0.05, 0.1) is 6.61 Å². The van der Waals surface area contributed by atoms with Crippen LogP contribution in [0.2, 0.25) is 0 Å². The highest BCUT2D eigenvalue weighted by Gasteiger charge is 2.02. The zero-order chi connectivity index (χ0) is 8.81. The van der Waals surface area contributed by atoms with Crippen molar-refractivity contribution >= 4 is 6.16 Å². The Morgan fingerprint density at radius 3 is 2.58 bits per heavy atom. The Labute approximate surface area is 70.9 Å². The summed E-state index contributed by atoms with van der Waals surface area (Å²) in [5.74, 6) is 0.496. The number of carbonyl (C=O) groups is 1. The highest BCUT2D eigenvalue weighted by molar-refractivity contribution is 5.63. The molecule has 3 nitrogen and oxygen atoms in total. The minimum Gasteiger partial charge on any atom is -0.434 e. The van der Waals surface area contributed by atoms with Crippen LogP contribution >= 0.6 is 0 Å². The molecule has 0 radical (unpaired) electrons. The highest BCUT2D eigenvalue weighted by Crippen LogP contribution is 2.08. The van der Waals surface area contributed by atoms with Crippen molar-refractivity contribution < 1.29 is 14.3 Å². The van der Waals surface area contributed by atoms with Gasteiger partial charge in [-0.1, -0.05) is 18.2 Å². The number of hydrogen-bond acceptors (Lipinski definition) is 3. The minimum atomic E-state index is -0.663. The topological polar surface area (TPSA) is 35.5 Å². The monoisotopic (exact) mass is 166 g/mol. The lowest BCUT2D eigenvalue weighted by atomic mass is 10.3. The predicted molar refractivity (Wildman–Crippen MR) is 44.1 cm³/mol. The predicted octanol–water partition coefficient (Wildman–Crippen LogP) is 2.22. The summed E-state index contributed by atoms with van der Waals surface area (Å²) in [5.41, 5.74) is 0. The van der Waals surface area contributed by atoms with Crippen molar-refractivity contribution in [2.24, 2.45) is 0 Å². The van der Waals surface area contributed by atoms with Crippen LogP contribution in [-0.2, 0) is 4.74 Å². The fraction of sp³-hybridized carbons (Fsp3) is 0.222. The number of rotatable bonds is 2. The van der Waals surface area contributed by atoms with E-state index < -0.39 is 6.16 Å². The molecule has 0 aliphatic rings. The molecule has 0 saturated heterocycles. The van der Waals surface area contributed by atoms with Gasteiger partial charge in [-0.2, -0.15) is 0 Å². The summed E-state index contributed by atoms with van der Waals surface area (Å²) in [4.78, 5) is 10.8. The third kappa shape index (κ3) is 2.62. The van der Waals surface area contributed by atoms with Crippen LogP contribution in [0.15, 0.2) is 30.3 Å². The number of ether oxygens (including phenoxy) is 2. The molecule has 3 heteroatoms. The van der Waals surface area contributed by atoms with Crippen LogP contribution < -0.4 is 4.74 Å². The summed E-state index contributed by atoms with van der Waals surface area (Å²) in [6.07, 6.45) is -0.663. The molecule has 12 heavy (non-hydrogen) atoms. The summed E-state index contributed by atoms with van der Waals surface area (Å²) in [5, 5.41) is 0. The van der Waals surface area contributed by atoms with Crippen molar-refractivity contribution in [3.8, 4) is 5.75 Å². The first-order valence-corrected chi connectivity index (χ1v) is 3.72. The first-order valence-electron chi connectivity index (χ1n) is 3.72. The number of para-hydroxylation sites is 1. The molecular weight excluding hydrogens is 156 g/mol. The van der Waals surface area contributed by atoms with Crippen molar-refractivity contribution in [1.29, 1.82) is 0 Å². The van der Waals surface area contributed by atoms with Crippen LogP contribution in [0, 0.1) is 0 Å². The van der Waals surface area contributed by atoms with E-state index in [0.717, 1.165) is 0 Å². The lowest BCUT2D eigenvalue weighted by molar-refractivity contribution is 0.104. The van der Waals surface area contributed by atoms with Gasteiger partial charge >= 0.3 is 6.16 Å². The van der Waals surface area contributed by atoms with Crippen molar-refractivity contribution in [2.75, 3.05) is 6.61 Å². The number of hydrogen-bond donors (Lipinski definition) is 0. The largest absolute Gasteiger partial charge is 0.513 e. The van der Waals surface area contributed by atoms with Gasteiger partial charge in [-0.15, -0.1) is 0 Å². The second kappa shape index (κ2) is 4.38. The minimum absolute atomic E-state index is 0.325. The average molecular weight is 166 g/mol. The third-order valence-electron chi connectivity index (χ3n) is 1.21. The zero-order valence-electron chi connectivity index (χ0n) is 6.82. The molecule has 64 valence electrons. The number of carbonyl (C=O) groups excluding carboxylic acids is 1. The van der Waals surface area contributed by atoms with Crippen LogP contribution in [0.4, 0.5) is 4.79 Å². The molecule has 1 rings (SSSR count). The molecule has 0 fully saturated rings. The molecule has 0 amide bonds. The van der Waals surface area contributed by atoms with Crippen LogP contribution in [0.5, 0.6) is 5.75 Å². The molecule has 0 aromatic heterocycles. The average Bonchev–Trinajstić information content (AvgIpc) is 2.06. The summed E-state index contributed by atoms with van der Waals surface area (Å²) in [6.45, 7) is 2.05. The fourth-order valence-electron chi connectivity index (χ4n) is 0.732. The molecule has 1 aromatic rings. The molecule has 0 N–H and O–H groups in total. The van der Waals surface area contributed by atoms with Gasteiger partial charge in [-0.3, -0.25) is 0 Å². The van der Waals surface area contributed by atoms with E-state index in [9.17, 15) is 4.79 Å². The Balaban J connectivity index is 2.47. The Hall–Kier alpha value is -1.51. The van der Waals surface area contributed by atoms with Crippen LogP contribution in [0.1, 0.15) is 6.92 Å². The van der Waals surface area contributed by atoms with Crippen molar-refractivity contribution in [1.82, 2.24) is 0 Å². The smallest absolute Gasteiger partial charge is 0.434 e. The lowest BCUT2D eigenvalue weighted by Crippen LogP contribution is -2.09. The second-order valence-electron chi connectivity index (χ2n) is 2.10. The van der Waals surface area contributed by atoms with Gasteiger partial charge in [0.25, 0.3) is 0 Å². The molecule has 0 heterocycles. The molecule has 0 spiro atoms. The van der Waals surface area contributed by atoms with E-state index in [4.69, 9.17) is 4.74 Å². The van der Waals surface area contributed by atoms with Crippen LogP contribution in [0.25, 0.3) is 0 Å².